The van der Waals surface area contributed by atoms with Gasteiger partial charge < -0.3 is 19.9 Å². The van der Waals surface area contributed by atoms with Gasteiger partial charge in [-0.1, -0.05) is 0 Å². The fraction of sp³-hybridized carbons (Fsp3) is 0.538. The fourth-order valence-electron chi connectivity index (χ4n) is 2.63. The number of benzene rings is 1. The number of phenolic OH excluding ortho intramolecular Hbond substituents is 1. The smallest absolute Gasteiger partial charge is 0.231 e. The molecule has 1 aromatic rings. The van der Waals surface area contributed by atoms with Gasteiger partial charge in [-0.15, -0.1) is 0 Å². The van der Waals surface area contributed by atoms with E-state index in [2.05, 4.69) is 5.32 Å². The van der Waals surface area contributed by atoms with E-state index in [4.69, 9.17) is 9.47 Å². The molecule has 1 aromatic carbocycles. The molecule has 0 aliphatic carbocycles. The average molecular weight is 253 g/mol. The van der Waals surface area contributed by atoms with Crippen LogP contribution >= 0.6 is 0 Å². The third-order valence-corrected chi connectivity index (χ3v) is 3.62. The second-order valence-electron chi connectivity index (χ2n) is 4.82. The minimum atomic E-state index is -0.571. The van der Waals surface area contributed by atoms with Crippen molar-refractivity contribution in [3.63, 3.8) is 0 Å². The molecule has 3 rings (SSSR count). The highest BCUT2D eigenvalue weighted by Crippen LogP contribution is 2.42. The highest BCUT2D eigenvalue weighted by molar-refractivity contribution is 5.53. The summed E-state index contributed by atoms with van der Waals surface area (Å²) in [5.41, 5.74) is 0.453. The zero-order valence-corrected chi connectivity index (χ0v) is 10.0. The van der Waals surface area contributed by atoms with Gasteiger partial charge >= 0.3 is 0 Å². The maximum Gasteiger partial charge on any atom is 0.231 e. The van der Waals surface area contributed by atoms with Crippen molar-refractivity contribution in [3.05, 3.63) is 17.4 Å². The van der Waals surface area contributed by atoms with Gasteiger partial charge in [0.05, 0.1) is 0 Å². The zero-order valence-electron chi connectivity index (χ0n) is 10.0. The van der Waals surface area contributed by atoms with Gasteiger partial charge in [-0.25, -0.2) is 4.39 Å². The number of hydrogen-bond acceptors (Lipinski definition) is 4. The van der Waals surface area contributed by atoms with Crippen LogP contribution in [-0.2, 0) is 6.42 Å². The van der Waals surface area contributed by atoms with E-state index in [1.165, 1.54) is 6.07 Å². The number of fused-ring (bicyclic) bond motifs is 1. The van der Waals surface area contributed by atoms with Crippen LogP contribution in [0.3, 0.4) is 0 Å². The minimum absolute atomic E-state index is 0.0947. The first kappa shape index (κ1) is 11.6. The van der Waals surface area contributed by atoms with Gasteiger partial charge in [-0.3, -0.25) is 0 Å². The first-order valence-corrected chi connectivity index (χ1v) is 6.26. The maximum absolute atomic E-state index is 14.0. The molecule has 5 heteroatoms. The average Bonchev–Trinajstić information content (AvgIpc) is 2.84. The normalized spacial score (nSPS) is 19.2. The summed E-state index contributed by atoms with van der Waals surface area (Å²) in [5.74, 6) is 0.401. The quantitative estimate of drug-likeness (QED) is 0.844. The van der Waals surface area contributed by atoms with Crippen LogP contribution in [0.15, 0.2) is 6.07 Å². The van der Waals surface area contributed by atoms with Gasteiger partial charge in [-0.05, 0) is 38.3 Å². The molecule has 2 heterocycles. The topological polar surface area (TPSA) is 50.7 Å². The SMILES string of the molecule is Oc1cc2c(c(CC3CCNCC3)c1F)OCO2. The van der Waals surface area contributed by atoms with E-state index in [9.17, 15) is 9.50 Å². The van der Waals surface area contributed by atoms with Gasteiger partial charge in [-0.2, -0.15) is 0 Å². The molecule has 1 fully saturated rings. The number of rotatable bonds is 2. The lowest BCUT2D eigenvalue weighted by Gasteiger charge is -2.23. The summed E-state index contributed by atoms with van der Waals surface area (Å²) in [4.78, 5) is 0. The summed E-state index contributed by atoms with van der Waals surface area (Å²) >= 11 is 0. The van der Waals surface area contributed by atoms with Gasteiger partial charge in [0.1, 0.15) is 0 Å². The Bertz CT molecular complexity index is 458. The van der Waals surface area contributed by atoms with Crippen molar-refractivity contribution in [1.29, 1.82) is 0 Å². The zero-order chi connectivity index (χ0) is 12.5. The number of phenols is 1. The lowest BCUT2D eigenvalue weighted by Crippen LogP contribution is -2.28. The second-order valence-corrected chi connectivity index (χ2v) is 4.82. The van der Waals surface area contributed by atoms with Gasteiger partial charge in [0, 0.05) is 11.6 Å². The molecule has 4 nitrogen and oxygen atoms in total. The van der Waals surface area contributed by atoms with E-state index in [1.807, 2.05) is 0 Å². The highest BCUT2D eigenvalue weighted by atomic mass is 19.1. The Morgan fingerprint density at radius 1 is 1.33 bits per heavy atom. The number of piperidine rings is 1. The Balaban J connectivity index is 1.90. The van der Waals surface area contributed by atoms with Crippen LogP contribution in [0.2, 0.25) is 0 Å². The van der Waals surface area contributed by atoms with E-state index in [0.29, 0.717) is 29.4 Å². The van der Waals surface area contributed by atoms with E-state index in [1.54, 1.807) is 0 Å². The van der Waals surface area contributed by atoms with E-state index in [-0.39, 0.29) is 12.5 Å². The molecule has 0 spiro atoms. The summed E-state index contributed by atoms with van der Waals surface area (Å²) < 4.78 is 24.5. The molecule has 0 unspecified atom stereocenters. The van der Waals surface area contributed by atoms with E-state index in [0.717, 1.165) is 25.9 Å². The Hall–Kier alpha value is -1.49. The molecular formula is C13H16FNO3. The standard InChI is InChI=1S/C13H16FNO3/c14-12-9(5-8-1-3-15-4-2-8)13-11(6-10(12)16)17-7-18-13/h6,8,15-16H,1-5,7H2. The van der Waals surface area contributed by atoms with Crippen molar-refractivity contribution in [2.24, 2.45) is 5.92 Å². The highest BCUT2D eigenvalue weighted by Gasteiger charge is 2.27. The van der Waals surface area contributed by atoms with Crippen molar-refractivity contribution >= 4 is 0 Å². The Kier molecular flexibility index (Phi) is 2.99. The number of hydrogen-bond donors (Lipinski definition) is 2. The van der Waals surface area contributed by atoms with Crippen LogP contribution in [0.1, 0.15) is 18.4 Å². The van der Waals surface area contributed by atoms with Crippen LogP contribution in [0.5, 0.6) is 17.2 Å². The summed E-state index contributed by atoms with van der Waals surface area (Å²) in [5, 5.41) is 12.9. The summed E-state index contributed by atoms with van der Waals surface area (Å²) in [6.07, 6.45) is 2.63. The summed E-state index contributed by atoms with van der Waals surface area (Å²) in [7, 11) is 0. The molecule has 0 amide bonds. The van der Waals surface area contributed by atoms with Gasteiger partial charge in [0.15, 0.2) is 23.1 Å². The maximum atomic E-state index is 14.0. The Labute approximate surface area is 105 Å². The number of halogens is 1. The number of aromatic hydroxyl groups is 1. The minimum Gasteiger partial charge on any atom is -0.505 e. The molecule has 2 aliphatic heterocycles. The van der Waals surface area contributed by atoms with Gasteiger partial charge in [0.2, 0.25) is 6.79 Å². The molecule has 1 saturated heterocycles. The Morgan fingerprint density at radius 3 is 2.89 bits per heavy atom. The van der Waals surface area contributed by atoms with Crippen molar-refractivity contribution in [3.8, 4) is 17.2 Å². The first-order chi connectivity index (χ1) is 8.75. The lowest BCUT2D eigenvalue weighted by atomic mass is 9.90. The predicted octanol–water partition coefficient (Wildman–Crippen LogP) is 1.80. The monoisotopic (exact) mass is 253 g/mol. The third kappa shape index (κ3) is 1.99. The molecular weight excluding hydrogens is 237 g/mol. The van der Waals surface area contributed by atoms with E-state index < -0.39 is 5.82 Å². The Morgan fingerprint density at radius 2 is 2.11 bits per heavy atom. The molecule has 2 aliphatic rings. The largest absolute Gasteiger partial charge is 0.505 e. The van der Waals surface area contributed by atoms with Crippen LogP contribution in [0.4, 0.5) is 4.39 Å². The van der Waals surface area contributed by atoms with Crippen LogP contribution in [0, 0.1) is 11.7 Å². The lowest BCUT2D eigenvalue weighted by molar-refractivity contribution is 0.172. The molecule has 0 bridgehead atoms. The molecule has 98 valence electrons. The molecule has 0 aromatic heterocycles. The fourth-order valence-corrected chi connectivity index (χ4v) is 2.63. The number of ether oxygens (including phenoxy) is 2. The van der Waals surface area contributed by atoms with Gasteiger partial charge in [0.25, 0.3) is 0 Å². The van der Waals surface area contributed by atoms with Crippen molar-refractivity contribution in [1.82, 2.24) is 5.32 Å². The van der Waals surface area contributed by atoms with Crippen LogP contribution < -0.4 is 14.8 Å². The van der Waals surface area contributed by atoms with Crippen molar-refractivity contribution < 1.29 is 19.0 Å². The van der Waals surface area contributed by atoms with Crippen LogP contribution in [-0.4, -0.2) is 25.0 Å². The molecule has 2 N–H and O–H groups in total. The van der Waals surface area contributed by atoms with Crippen molar-refractivity contribution in [2.45, 2.75) is 19.3 Å². The first-order valence-electron chi connectivity index (χ1n) is 6.26. The van der Waals surface area contributed by atoms with Crippen molar-refractivity contribution in [2.75, 3.05) is 19.9 Å². The summed E-state index contributed by atoms with van der Waals surface area (Å²) in [6.45, 7) is 2.02. The molecule has 18 heavy (non-hydrogen) atoms. The molecule has 0 atom stereocenters. The predicted molar refractivity (Wildman–Crippen MR) is 63.5 cm³/mol. The summed E-state index contributed by atoms with van der Waals surface area (Å²) in [6, 6.07) is 1.28. The number of nitrogens with one attached hydrogen (secondary N) is 1. The van der Waals surface area contributed by atoms with E-state index >= 15 is 0 Å². The second kappa shape index (κ2) is 4.65. The van der Waals surface area contributed by atoms with Crippen LogP contribution in [0.25, 0.3) is 0 Å². The molecule has 0 saturated carbocycles. The third-order valence-electron chi connectivity index (χ3n) is 3.62. The molecule has 0 radical (unpaired) electrons.